The van der Waals surface area contributed by atoms with Crippen LogP contribution in [0.1, 0.15) is 26.2 Å². The van der Waals surface area contributed by atoms with Crippen molar-refractivity contribution in [2.45, 2.75) is 32.3 Å². The average molecular weight is 162 g/mol. The van der Waals surface area contributed by atoms with Crippen molar-refractivity contribution in [2.24, 2.45) is 0 Å². The second kappa shape index (κ2) is 6.60. The van der Waals surface area contributed by atoms with Gasteiger partial charge in [-0.2, -0.15) is 0 Å². The molecule has 0 fully saturated rings. The Hall–Kier alpha value is -0.0951. The molecule has 0 heterocycles. The van der Waals surface area contributed by atoms with Crippen molar-refractivity contribution >= 4 is 7.32 Å². The second-order valence-electron chi connectivity index (χ2n) is 2.46. The standard InChI is InChI=1S/C6H15BO4/c1-2-3-4-6(8)5-11-7(9)10/h6,8-10H,2-5H2,1H3. The Morgan fingerprint density at radius 2 is 2.09 bits per heavy atom. The summed E-state index contributed by atoms with van der Waals surface area (Å²) in [5.74, 6) is 0. The number of hydrogen-bond donors (Lipinski definition) is 3. The molecule has 0 aliphatic rings. The van der Waals surface area contributed by atoms with Gasteiger partial charge in [-0.3, -0.25) is 0 Å². The lowest BCUT2D eigenvalue weighted by Crippen LogP contribution is -2.24. The molecule has 66 valence electrons. The first-order valence-corrected chi connectivity index (χ1v) is 3.82. The molecule has 1 unspecified atom stereocenters. The summed E-state index contributed by atoms with van der Waals surface area (Å²) in [6, 6.07) is 0. The summed E-state index contributed by atoms with van der Waals surface area (Å²) in [5, 5.41) is 25.6. The Labute approximate surface area is 67.0 Å². The molecule has 0 aliphatic heterocycles. The van der Waals surface area contributed by atoms with E-state index in [1.807, 2.05) is 6.92 Å². The van der Waals surface area contributed by atoms with Gasteiger partial charge < -0.3 is 19.8 Å². The van der Waals surface area contributed by atoms with Crippen LogP contribution in [-0.2, 0) is 4.65 Å². The van der Waals surface area contributed by atoms with Gasteiger partial charge in [-0.05, 0) is 6.42 Å². The summed E-state index contributed by atoms with van der Waals surface area (Å²) in [5.41, 5.74) is 0. The number of aliphatic hydroxyl groups excluding tert-OH is 1. The topological polar surface area (TPSA) is 69.9 Å². The lowest BCUT2D eigenvalue weighted by Gasteiger charge is -2.09. The number of rotatable bonds is 6. The average Bonchev–Trinajstić information content (AvgIpc) is 1.97. The Morgan fingerprint density at radius 1 is 1.45 bits per heavy atom. The smallest absolute Gasteiger partial charge is 0.402 e. The monoisotopic (exact) mass is 162 g/mol. The molecule has 0 aromatic rings. The van der Waals surface area contributed by atoms with Crippen LogP contribution in [0.25, 0.3) is 0 Å². The zero-order valence-corrected chi connectivity index (χ0v) is 6.73. The van der Waals surface area contributed by atoms with Crippen LogP contribution in [-0.4, -0.2) is 35.2 Å². The molecule has 0 aliphatic carbocycles. The summed E-state index contributed by atoms with van der Waals surface area (Å²) < 4.78 is 4.36. The van der Waals surface area contributed by atoms with E-state index in [0.717, 1.165) is 12.8 Å². The molecule has 0 saturated heterocycles. The second-order valence-corrected chi connectivity index (χ2v) is 2.46. The molecule has 0 aromatic carbocycles. The largest absolute Gasteiger partial charge is 0.633 e. The maximum atomic E-state index is 9.08. The summed E-state index contributed by atoms with van der Waals surface area (Å²) >= 11 is 0. The van der Waals surface area contributed by atoms with Crippen LogP contribution >= 0.6 is 0 Å². The third kappa shape index (κ3) is 7.81. The van der Waals surface area contributed by atoms with Crippen LogP contribution in [0.15, 0.2) is 0 Å². The van der Waals surface area contributed by atoms with E-state index < -0.39 is 13.4 Å². The van der Waals surface area contributed by atoms with Crippen molar-refractivity contribution in [1.82, 2.24) is 0 Å². The van der Waals surface area contributed by atoms with E-state index in [-0.39, 0.29) is 6.61 Å². The Bertz CT molecular complexity index is 88.7. The summed E-state index contributed by atoms with van der Waals surface area (Å²) in [6.45, 7) is 2.01. The van der Waals surface area contributed by atoms with Crippen LogP contribution < -0.4 is 0 Å². The molecule has 0 spiro atoms. The Balaban J connectivity index is 3.15. The Kier molecular flexibility index (Phi) is 6.55. The van der Waals surface area contributed by atoms with E-state index in [2.05, 4.69) is 4.65 Å². The minimum Gasteiger partial charge on any atom is -0.402 e. The SMILES string of the molecule is CCCCC(O)COB(O)O. The quantitative estimate of drug-likeness (QED) is 0.461. The molecule has 11 heavy (non-hydrogen) atoms. The maximum absolute atomic E-state index is 9.08. The highest BCUT2D eigenvalue weighted by Crippen LogP contribution is 2.00. The molecule has 5 heteroatoms. The molecule has 1 atom stereocenters. The van der Waals surface area contributed by atoms with Crippen molar-refractivity contribution in [3.05, 3.63) is 0 Å². The highest BCUT2D eigenvalue weighted by Gasteiger charge is 2.11. The lowest BCUT2D eigenvalue weighted by molar-refractivity contribution is 0.0698. The van der Waals surface area contributed by atoms with E-state index in [9.17, 15) is 0 Å². The molecule has 0 aromatic heterocycles. The third-order valence-corrected chi connectivity index (χ3v) is 1.33. The van der Waals surface area contributed by atoms with E-state index in [1.54, 1.807) is 0 Å². The van der Waals surface area contributed by atoms with Gasteiger partial charge in [0.25, 0.3) is 0 Å². The highest BCUT2D eigenvalue weighted by atomic mass is 16.6. The normalized spacial score (nSPS) is 13.1. The van der Waals surface area contributed by atoms with Gasteiger partial charge in [-0.25, -0.2) is 0 Å². The predicted octanol–water partition coefficient (Wildman–Crippen LogP) is -0.476. The van der Waals surface area contributed by atoms with Gasteiger partial charge in [0.15, 0.2) is 0 Å². The minimum absolute atomic E-state index is 0.0162. The first-order valence-electron chi connectivity index (χ1n) is 3.82. The van der Waals surface area contributed by atoms with Crippen molar-refractivity contribution in [2.75, 3.05) is 6.61 Å². The lowest BCUT2D eigenvalue weighted by atomic mass is 10.1. The number of aliphatic hydroxyl groups is 1. The van der Waals surface area contributed by atoms with Gasteiger partial charge in [0, 0.05) is 0 Å². The highest BCUT2D eigenvalue weighted by molar-refractivity contribution is 6.32. The molecule has 0 rings (SSSR count). The zero-order valence-electron chi connectivity index (χ0n) is 6.73. The molecule has 0 saturated carbocycles. The summed E-state index contributed by atoms with van der Waals surface area (Å²) in [4.78, 5) is 0. The molecular weight excluding hydrogens is 147 g/mol. The molecular formula is C6H15BO4. The van der Waals surface area contributed by atoms with Gasteiger partial charge in [0.2, 0.25) is 0 Å². The first-order chi connectivity index (χ1) is 5.16. The van der Waals surface area contributed by atoms with Crippen molar-refractivity contribution in [3.8, 4) is 0 Å². The van der Waals surface area contributed by atoms with Crippen LogP contribution in [0.2, 0.25) is 0 Å². The van der Waals surface area contributed by atoms with E-state index in [4.69, 9.17) is 15.2 Å². The molecule has 4 nitrogen and oxygen atoms in total. The van der Waals surface area contributed by atoms with Crippen molar-refractivity contribution in [3.63, 3.8) is 0 Å². The van der Waals surface area contributed by atoms with Crippen LogP contribution in [0.5, 0.6) is 0 Å². The fourth-order valence-electron chi connectivity index (χ4n) is 0.720. The fraction of sp³-hybridized carbons (Fsp3) is 1.00. The third-order valence-electron chi connectivity index (χ3n) is 1.33. The van der Waals surface area contributed by atoms with E-state index in [0.29, 0.717) is 6.42 Å². The van der Waals surface area contributed by atoms with Gasteiger partial charge in [-0.1, -0.05) is 19.8 Å². The van der Waals surface area contributed by atoms with Gasteiger partial charge >= 0.3 is 7.32 Å². The first kappa shape index (κ1) is 10.9. The van der Waals surface area contributed by atoms with Gasteiger partial charge in [0.05, 0.1) is 12.7 Å². The fourth-order valence-corrected chi connectivity index (χ4v) is 0.720. The number of unbranched alkanes of at least 4 members (excludes halogenated alkanes) is 1. The van der Waals surface area contributed by atoms with E-state index in [1.165, 1.54) is 0 Å². The maximum Gasteiger partial charge on any atom is 0.633 e. The summed E-state index contributed by atoms with van der Waals surface area (Å²) in [7, 11) is -1.77. The van der Waals surface area contributed by atoms with E-state index >= 15 is 0 Å². The van der Waals surface area contributed by atoms with Crippen LogP contribution in [0.4, 0.5) is 0 Å². The number of hydrogen-bond acceptors (Lipinski definition) is 4. The predicted molar refractivity (Wildman–Crippen MR) is 41.7 cm³/mol. The zero-order chi connectivity index (χ0) is 8.69. The van der Waals surface area contributed by atoms with Crippen LogP contribution in [0, 0.1) is 0 Å². The van der Waals surface area contributed by atoms with Crippen molar-refractivity contribution < 1.29 is 19.8 Å². The van der Waals surface area contributed by atoms with Gasteiger partial charge in [0.1, 0.15) is 0 Å². The molecule has 0 amide bonds. The summed E-state index contributed by atoms with van der Waals surface area (Å²) in [6.07, 6.45) is 1.99. The Morgan fingerprint density at radius 3 is 2.55 bits per heavy atom. The molecule has 0 bridgehead atoms. The van der Waals surface area contributed by atoms with Crippen molar-refractivity contribution in [1.29, 1.82) is 0 Å². The molecule has 0 radical (unpaired) electrons. The van der Waals surface area contributed by atoms with Crippen LogP contribution in [0.3, 0.4) is 0 Å². The molecule has 3 N–H and O–H groups in total. The van der Waals surface area contributed by atoms with Gasteiger partial charge in [-0.15, -0.1) is 0 Å². The minimum atomic E-state index is -1.77.